The lowest BCUT2D eigenvalue weighted by atomic mass is 10.1. The summed E-state index contributed by atoms with van der Waals surface area (Å²) in [6.07, 6.45) is 1.49. The highest BCUT2D eigenvalue weighted by molar-refractivity contribution is 7.89. The normalized spacial score (nSPS) is 17.5. The molecule has 1 aromatic carbocycles. The van der Waals surface area contributed by atoms with Crippen molar-refractivity contribution in [2.75, 3.05) is 33.3 Å². The maximum atomic E-state index is 12.7. The topological polar surface area (TPSA) is 92.9 Å². The first-order valence-corrected chi connectivity index (χ1v) is 9.52. The van der Waals surface area contributed by atoms with Gasteiger partial charge < -0.3 is 15.4 Å². The number of piperazine rings is 1. The number of carbonyl (C=O) groups is 1. The first kappa shape index (κ1) is 18.7. The van der Waals surface area contributed by atoms with E-state index in [0.717, 1.165) is 6.42 Å². The van der Waals surface area contributed by atoms with Crippen molar-refractivity contribution in [2.24, 2.45) is 5.73 Å². The van der Waals surface area contributed by atoms with Crippen molar-refractivity contribution in [1.82, 2.24) is 9.21 Å². The molecular weight excluding hydrogens is 330 g/mol. The molecule has 134 valence electrons. The van der Waals surface area contributed by atoms with Gasteiger partial charge in [-0.25, -0.2) is 8.42 Å². The van der Waals surface area contributed by atoms with E-state index in [-0.39, 0.29) is 23.9 Å². The van der Waals surface area contributed by atoms with Gasteiger partial charge in [-0.3, -0.25) is 4.79 Å². The predicted molar refractivity (Wildman–Crippen MR) is 91.2 cm³/mol. The maximum absolute atomic E-state index is 12.7. The Kier molecular flexibility index (Phi) is 6.20. The summed E-state index contributed by atoms with van der Waals surface area (Å²) >= 11 is 0. The molecule has 1 aliphatic rings. The molecule has 1 aromatic rings. The first-order valence-electron chi connectivity index (χ1n) is 8.08. The van der Waals surface area contributed by atoms with Crippen molar-refractivity contribution in [1.29, 1.82) is 0 Å². The van der Waals surface area contributed by atoms with Gasteiger partial charge in [0.15, 0.2) is 0 Å². The molecule has 1 atom stereocenters. The zero-order valence-corrected chi connectivity index (χ0v) is 15.0. The van der Waals surface area contributed by atoms with Gasteiger partial charge >= 0.3 is 0 Å². The summed E-state index contributed by atoms with van der Waals surface area (Å²) < 4.78 is 31.8. The minimum Gasteiger partial charge on any atom is -0.497 e. The van der Waals surface area contributed by atoms with Crippen LogP contribution in [0.15, 0.2) is 29.2 Å². The van der Waals surface area contributed by atoms with E-state index >= 15 is 0 Å². The Labute approximate surface area is 143 Å². The fourth-order valence-corrected chi connectivity index (χ4v) is 4.14. The lowest BCUT2D eigenvalue weighted by molar-refractivity contribution is -0.133. The molecule has 0 radical (unpaired) electrons. The van der Waals surface area contributed by atoms with Gasteiger partial charge in [0.25, 0.3) is 0 Å². The van der Waals surface area contributed by atoms with Gasteiger partial charge in [-0.1, -0.05) is 13.3 Å². The molecule has 2 N–H and O–H groups in total. The molecule has 0 aliphatic carbocycles. The zero-order chi connectivity index (χ0) is 17.7. The zero-order valence-electron chi connectivity index (χ0n) is 14.1. The number of hydrogen-bond acceptors (Lipinski definition) is 5. The van der Waals surface area contributed by atoms with Crippen LogP contribution in [0.3, 0.4) is 0 Å². The van der Waals surface area contributed by atoms with Crippen LogP contribution in [0.4, 0.5) is 0 Å². The predicted octanol–water partition coefficient (Wildman–Crippen LogP) is 0.656. The number of sulfonamides is 1. The second-order valence-electron chi connectivity index (χ2n) is 5.80. The molecule has 0 bridgehead atoms. The van der Waals surface area contributed by atoms with Gasteiger partial charge in [0, 0.05) is 26.2 Å². The van der Waals surface area contributed by atoms with E-state index in [1.165, 1.54) is 23.5 Å². The van der Waals surface area contributed by atoms with Gasteiger partial charge in [-0.15, -0.1) is 0 Å². The van der Waals surface area contributed by atoms with Crippen LogP contribution >= 0.6 is 0 Å². The molecule has 7 nitrogen and oxygen atoms in total. The van der Waals surface area contributed by atoms with Crippen molar-refractivity contribution in [3.63, 3.8) is 0 Å². The SMILES string of the molecule is CCCC(N)C(=O)N1CCN(S(=O)(=O)c2ccc(OC)cc2)CC1. The summed E-state index contributed by atoms with van der Waals surface area (Å²) in [4.78, 5) is 14.1. The number of hydrogen-bond donors (Lipinski definition) is 1. The van der Waals surface area contributed by atoms with Crippen LogP contribution < -0.4 is 10.5 Å². The first-order chi connectivity index (χ1) is 11.4. The Morgan fingerprint density at radius 3 is 2.29 bits per heavy atom. The molecule has 8 heteroatoms. The Balaban J connectivity index is 2.01. The Morgan fingerprint density at radius 1 is 1.21 bits per heavy atom. The second-order valence-corrected chi connectivity index (χ2v) is 7.74. The summed E-state index contributed by atoms with van der Waals surface area (Å²) in [5, 5.41) is 0. The van der Waals surface area contributed by atoms with Crippen LogP contribution in [-0.4, -0.2) is 62.9 Å². The standard InChI is InChI=1S/C16H25N3O4S/c1-3-4-15(17)16(20)18-9-11-19(12-10-18)24(21,22)14-7-5-13(23-2)6-8-14/h5-8,15H,3-4,9-12,17H2,1-2H3. The highest BCUT2D eigenvalue weighted by Crippen LogP contribution is 2.20. The highest BCUT2D eigenvalue weighted by Gasteiger charge is 2.31. The van der Waals surface area contributed by atoms with Crippen LogP contribution in [-0.2, 0) is 14.8 Å². The average Bonchev–Trinajstić information content (AvgIpc) is 2.61. The minimum atomic E-state index is -3.56. The third-order valence-electron chi connectivity index (χ3n) is 4.16. The third kappa shape index (κ3) is 4.06. The number of ether oxygens (including phenoxy) is 1. The van der Waals surface area contributed by atoms with E-state index < -0.39 is 16.1 Å². The number of nitrogens with zero attached hydrogens (tertiary/aromatic N) is 2. The Bertz CT molecular complexity index is 652. The van der Waals surface area contributed by atoms with Crippen LogP contribution in [0.5, 0.6) is 5.75 Å². The molecule has 1 aliphatic heterocycles. The molecule has 2 rings (SSSR count). The molecule has 1 amide bonds. The molecule has 24 heavy (non-hydrogen) atoms. The number of rotatable bonds is 6. The van der Waals surface area contributed by atoms with E-state index in [0.29, 0.717) is 25.3 Å². The molecule has 1 saturated heterocycles. The molecule has 1 fully saturated rings. The second kappa shape index (κ2) is 7.96. The number of benzene rings is 1. The van der Waals surface area contributed by atoms with E-state index in [1.807, 2.05) is 6.92 Å². The Hall–Kier alpha value is -1.64. The lowest BCUT2D eigenvalue weighted by Gasteiger charge is -2.35. The van der Waals surface area contributed by atoms with Crippen molar-refractivity contribution in [2.45, 2.75) is 30.7 Å². The summed E-state index contributed by atoms with van der Waals surface area (Å²) in [7, 11) is -2.03. The fourth-order valence-electron chi connectivity index (χ4n) is 2.71. The van der Waals surface area contributed by atoms with E-state index in [9.17, 15) is 13.2 Å². The average molecular weight is 355 g/mol. The molecule has 0 saturated carbocycles. The smallest absolute Gasteiger partial charge is 0.243 e. The molecule has 0 spiro atoms. The molecule has 0 aromatic heterocycles. The summed E-state index contributed by atoms with van der Waals surface area (Å²) in [6, 6.07) is 5.80. The quantitative estimate of drug-likeness (QED) is 0.809. The highest BCUT2D eigenvalue weighted by atomic mass is 32.2. The van der Waals surface area contributed by atoms with Gasteiger partial charge in [-0.05, 0) is 30.7 Å². The van der Waals surface area contributed by atoms with Gasteiger partial charge in [0.1, 0.15) is 5.75 Å². The van der Waals surface area contributed by atoms with Gasteiger partial charge in [0.05, 0.1) is 18.0 Å². The van der Waals surface area contributed by atoms with E-state index in [1.54, 1.807) is 17.0 Å². The fraction of sp³-hybridized carbons (Fsp3) is 0.562. The monoisotopic (exact) mass is 355 g/mol. The maximum Gasteiger partial charge on any atom is 0.243 e. The van der Waals surface area contributed by atoms with Crippen LogP contribution in [0.25, 0.3) is 0 Å². The van der Waals surface area contributed by atoms with E-state index in [4.69, 9.17) is 10.5 Å². The van der Waals surface area contributed by atoms with Crippen LogP contribution in [0, 0.1) is 0 Å². The molecule has 1 unspecified atom stereocenters. The lowest BCUT2D eigenvalue weighted by Crippen LogP contribution is -2.54. The van der Waals surface area contributed by atoms with Crippen LogP contribution in [0.2, 0.25) is 0 Å². The van der Waals surface area contributed by atoms with E-state index in [2.05, 4.69) is 0 Å². The van der Waals surface area contributed by atoms with Crippen molar-refractivity contribution >= 4 is 15.9 Å². The largest absolute Gasteiger partial charge is 0.497 e. The number of carbonyl (C=O) groups excluding carboxylic acids is 1. The van der Waals surface area contributed by atoms with Gasteiger partial charge in [-0.2, -0.15) is 4.31 Å². The number of methoxy groups -OCH3 is 1. The molecular formula is C16H25N3O4S. The van der Waals surface area contributed by atoms with Crippen molar-refractivity contribution in [3.05, 3.63) is 24.3 Å². The van der Waals surface area contributed by atoms with Crippen molar-refractivity contribution < 1.29 is 17.9 Å². The Morgan fingerprint density at radius 2 is 1.79 bits per heavy atom. The third-order valence-corrected chi connectivity index (χ3v) is 6.08. The molecule has 1 heterocycles. The minimum absolute atomic E-state index is 0.0988. The van der Waals surface area contributed by atoms with Crippen molar-refractivity contribution in [3.8, 4) is 5.75 Å². The van der Waals surface area contributed by atoms with Crippen LogP contribution in [0.1, 0.15) is 19.8 Å². The number of amides is 1. The number of nitrogens with two attached hydrogens (primary N) is 1. The summed E-state index contributed by atoms with van der Waals surface area (Å²) in [6.45, 7) is 3.27. The summed E-state index contributed by atoms with van der Waals surface area (Å²) in [5.41, 5.74) is 5.86. The summed E-state index contributed by atoms with van der Waals surface area (Å²) in [5.74, 6) is 0.507. The van der Waals surface area contributed by atoms with Gasteiger partial charge in [0.2, 0.25) is 15.9 Å².